The van der Waals surface area contributed by atoms with E-state index in [-0.39, 0.29) is 32.1 Å². The van der Waals surface area contributed by atoms with Gasteiger partial charge in [0.1, 0.15) is 22.3 Å². The Balaban J connectivity index is 2.61. The molecule has 0 atom stereocenters. The molecule has 0 bridgehead atoms. The van der Waals surface area contributed by atoms with E-state index in [4.69, 9.17) is 33.0 Å². The molecule has 7 nitrogen and oxygen atoms in total. The van der Waals surface area contributed by atoms with Gasteiger partial charge in [-0.05, 0) is 12.1 Å². The Labute approximate surface area is 146 Å². The molecule has 1 aromatic carbocycles. The lowest BCUT2D eigenvalue weighted by Gasteiger charge is -2.08. The molecule has 0 aliphatic carbocycles. The van der Waals surface area contributed by atoms with E-state index >= 15 is 0 Å². The summed E-state index contributed by atoms with van der Waals surface area (Å²) < 4.78 is 43.7. The van der Waals surface area contributed by atoms with Gasteiger partial charge in [0.2, 0.25) is 0 Å². The molecule has 0 saturated heterocycles. The third-order valence-electron chi connectivity index (χ3n) is 2.92. The number of halogens is 3. The maximum absolute atomic E-state index is 14.2. The van der Waals surface area contributed by atoms with E-state index in [0.717, 1.165) is 23.1 Å². The lowest BCUT2D eigenvalue weighted by atomic mass is 10.1. The molecule has 0 aliphatic heterocycles. The minimum atomic E-state index is -3.69. The Hall–Kier alpha value is -1.84. The Bertz CT molecular complexity index is 927. The predicted octanol–water partition coefficient (Wildman–Crippen LogP) is 2.40. The molecule has 0 fully saturated rings. The Kier molecular flexibility index (Phi) is 5.07. The van der Waals surface area contributed by atoms with Crippen molar-refractivity contribution in [2.45, 2.75) is 5.03 Å². The molecule has 0 aliphatic rings. The van der Waals surface area contributed by atoms with Crippen LogP contribution in [-0.4, -0.2) is 42.1 Å². The number of sulfone groups is 1. The van der Waals surface area contributed by atoms with Crippen molar-refractivity contribution in [1.82, 2.24) is 9.78 Å². The fourth-order valence-electron chi connectivity index (χ4n) is 2.02. The summed E-state index contributed by atoms with van der Waals surface area (Å²) >= 11 is 11.9. The minimum Gasteiger partial charge on any atom is -0.480 e. The van der Waals surface area contributed by atoms with Gasteiger partial charge in [-0.25, -0.2) is 17.6 Å². The number of aliphatic carboxylic acids is 1. The fraction of sp³-hybridized carbons (Fsp3) is 0.231. The second-order valence-electron chi connectivity index (χ2n) is 4.81. The average molecular weight is 397 g/mol. The van der Waals surface area contributed by atoms with Crippen LogP contribution in [0.2, 0.25) is 10.0 Å². The van der Waals surface area contributed by atoms with Crippen LogP contribution < -0.4 is 4.74 Å². The van der Waals surface area contributed by atoms with Crippen LogP contribution in [0.5, 0.6) is 5.75 Å². The summed E-state index contributed by atoms with van der Waals surface area (Å²) in [5.41, 5.74) is -0.302. The van der Waals surface area contributed by atoms with Gasteiger partial charge in [0, 0.05) is 18.9 Å². The molecule has 0 saturated carbocycles. The highest BCUT2D eigenvalue weighted by Gasteiger charge is 2.25. The average Bonchev–Trinajstić information content (AvgIpc) is 2.72. The van der Waals surface area contributed by atoms with E-state index in [1.54, 1.807) is 0 Å². The number of rotatable bonds is 5. The molecule has 130 valence electrons. The maximum Gasteiger partial charge on any atom is 0.341 e. The number of hydrogen-bond donors (Lipinski definition) is 1. The Morgan fingerprint density at radius 2 is 2.04 bits per heavy atom. The van der Waals surface area contributed by atoms with Crippen molar-refractivity contribution in [3.05, 3.63) is 28.0 Å². The summed E-state index contributed by atoms with van der Waals surface area (Å²) in [6.45, 7) is -0.685. The molecule has 24 heavy (non-hydrogen) atoms. The number of carboxylic acid groups (broad SMARTS) is 1. The van der Waals surface area contributed by atoms with Crippen molar-refractivity contribution in [2.75, 3.05) is 12.9 Å². The van der Waals surface area contributed by atoms with Crippen molar-refractivity contribution in [3.63, 3.8) is 0 Å². The molecule has 11 heteroatoms. The number of aryl methyl sites for hydroxylation is 1. The molecule has 1 heterocycles. The first-order chi connectivity index (χ1) is 11.0. The van der Waals surface area contributed by atoms with Gasteiger partial charge < -0.3 is 9.84 Å². The standard InChI is InChI=1S/C13H11Cl2FN2O5S/c1-18-13(24(2,21)22)11(15)12(17-18)6-3-9(23-5-10(19)20)7(14)4-8(6)16/h3-4H,5H2,1-2H3,(H,19,20). The number of carbonyl (C=O) groups is 1. The van der Waals surface area contributed by atoms with E-state index in [9.17, 15) is 17.6 Å². The van der Waals surface area contributed by atoms with Crippen molar-refractivity contribution in [2.24, 2.45) is 7.05 Å². The normalized spacial score (nSPS) is 11.5. The van der Waals surface area contributed by atoms with Crippen LogP contribution >= 0.6 is 23.2 Å². The molecule has 0 radical (unpaired) electrons. The number of aromatic nitrogens is 2. The van der Waals surface area contributed by atoms with E-state index < -0.39 is 28.2 Å². The summed E-state index contributed by atoms with van der Waals surface area (Å²) in [4.78, 5) is 10.6. The first kappa shape index (κ1) is 18.5. The van der Waals surface area contributed by atoms with Gasteiger partial charge in [0.25, 0.3) is 0 Å². The van der Waals surface area contributed by atoms with Gasteiger partial charge in [-0.3, -0.25) is 4.68 Å². The maximum atomic E-state index is 14.2. The SMILES string of the molecule is Cn1nc(-c2cc(OCC(=O)O)c(Cl)cc2F)c(Cl)c1S(C)(=O)=O. The molecule has 1 N–H and O–H groups in total. The third kappa shape index (κ3) is 3.63. The molecule has 0 spiro atoms. The molecular formula is C13H11Cl2FN2O5S. The van der Waals surface area contributed by atoms with Crippen molar-refractivity contribution in [3.8, 4) is 17.0 Å². The lowest BCUT2D eigenvalue weighted by Crippen LogP contribution is -2.09. The van der Waals surface area contributed by atoms with Crippen molar-refractivity contribution < 1.29 is 27.4 Å². The second-order valence-corrected chi connectivity index (χ2v) is 7.52. The zero-order valence-corrected chi connectivity index (χ0v) is 14.7. The van der Waals surface area contributed by atoms with E-state index in [2.05, 4.69) is 5.10 Å². The number of nitrogens with zero attached hydrogens (tertiary/aromatic N) is 2. The van der Waals surface area contributed by atoms with Crippen LogP contribution in [0.4, 0.5) is 4.39 Å². The van der Waals surface area contributed by atoms with Crippen LogP contribution in [0.3, 0.4) is 0 Å². The molecule has 1 aromatic heterocycles. The van der Waals surface area contributed by atoms with Crippen LogP contribution in [0.15, 0.2) is 17.2 Å². The minimum absolute atomic E-state index is 0.0990. The Morgan fingerprint density at radius 3 is 2.54 bits per heavy atom. The van der Waals surface area contributed by atoms with E-state index in [1.165, 1.54) is 7.05 Å². The molecular weight excluding hydrogens is 386 g/mol. The highest BCUT2D eigenvalue weighted by atomic mass is 35.5. The van der Waals surface area contributed by atoms with Gasteiger partial charge in [-0.15, -0.1) is 0 Å². The van der Waals surface area contributed by atoms with Gasteiger partial charge in [-0.1, -0.05) is 23.2 Å². The Morgan fingerprint density at radius 1 is 1.42 bits per heavy atom. The fourth-order valence-corrected chi connectivity index (χ4v) is 3.85. The summed E-state index contributed by atoms with van der Waals surface area (Å²) in [6.07, 6.45) is 0.944. The highest BCUT2D eigenvalue weighted by molar-refractivity contribution is 7.90. The molecule has 2 rings (SSSR count). The van der Waals surface area contributed by atoms with Crippen LogP contribution in [0.1, 0.15) is 0 Å². The van der Waals surface area contributed by atoms with Gasteiger partial charge in [-0.2, -0.15) is 5.10 Å². The zero-order valence-electron chi connectivity index (χ0n) is 12.4. The predicted molar refractivity (Wildman–Crippen MR) is 84.9 cm³/mol. The second kappa shape index (κ2) is 6.58. The summed E-state index contributed by atoms with van der Waals surface area (Å²) in [6, 6.07) is 2.01. The van der Waals surface area contributed by atoms with Crippen molar-refractivity contribution >= 4 is 39.0 Å². The quantitative estimate of drug-likeness (QED) is 0.832. The number of ether oxygens (including phenoxy) is 1. The van der Waals surface area contributed by atoms with E-state index in [0.29, 0.717) is 0 Å². The lowest BCUT2D eigenvalue weighted by molar-refractivity contribution is -0.139. The topological polar surface area (TPSA) is 98.5 Å². The number of carboxylic acids is 1. The third-order valence-corrected chi connectivity index (χ3v) is 4.85. The van der Waals surface area contributed by atoms with Crippen molar-refractivity contribution in [1.29, 1.82) is 0 Å². The summed E-state index contributed by atoms with van der Waals surface area (Å²) in [5, 5.41) is 11.9. The smallest absolute Gasteiger partial charge is 0.341 e. The summed E-state index contributed by atoms with van der Waals surface area (Å²) in [5.74, 6) is -2.16. The van der Waals surface area contributed by atoms with E-state index in [1.807, 2.05) is 0 Å². The first-order valence-electron chi connectivity index (χ1n) is 6.29. The molecule has 2 aromatic rings. The van der Waals surface area contributed by atoms with Gasteiger partial charge >= 0.3 is 5.97 Å². The monoisotopic (exact) mass is 396 g/mol. The molecule has 0 unspecified atom stereocenters. The van der Waals surface area contributed by atoms with Gasteiger partial charge in [0.05, 0.1) is 5.02 Å². The van der Waals surface area contributed by atoms with Crippen LogP contribution in [0, 0.1) is 5.82 Å². The van der Waals surface area contributed by atoms with Crippen LogP contribution in [-0.2, 0) is 21.7 Å². The molecule has 0 amide bonds. The first-order valence-corrected chi connectivity index (χ1v) is 8.93. The zero-order chi connectivity index (χ0) is 18.2. The number of benzene rings is 1. The summed E-state index contributed by atoms with van der Waals surface area (Å²) in [7, 11) is -2.34. The largest absolute Gasteiger partial charge is 0.480 e. The number of hydrogen-bond acceptors (Lipinski definition) is 5. The van der Waals surface area contributed by atoms with Gasteiger partial charge in [0.15, 0.2) is 21.5 Å². The van der Waals surface area contributed by atoms with Crippen LogP contribution in [0.25, 0.3) is 11.3 Å². The highest BCUT2D eigenvalue weighted by Crippen LogP contribution is 2.38.